The lowest BCUT2D eigenvalue weighted by atomic mass is 10.0. The van der Waals surface area contributed by atoms with Crippen molar-refractivity contribution >= 4 is 22.2 Å². The highest BCUT2D eigenvalue weighted by Gasteiger charge is 2.19. The number of benzene rings is 1. The first-order chi connectivity index (χ1) is 12.4. The van der Waals surface area contributed by atoms with Crippen LogP contribution < -0.4 is 10.9 Å². The van der Waals surface area contributed by atoms with Crippen LogP contribution in [0.3, 0.4) is 0 Å². The minimum atomic E-state index is -0.273. The number of rotatable bonds is 4. The zero-order valence-electron chi connectivity index (χ0n) is 14.8. The van der Waals surface area contributed by atoms with E-state index in [9.17, 15) is 9.59 Å². The SMILES string of the molecule is CCNC(=O)c1c(C)sc2nc(Cc3cc(C#N)ccc3C)cc(=O)n12. The number of hydrogen-bond acceptors (Lipinski definition) is 5. The van der Waals surface area contributed by atoms with Gasteiger partial charge in [0.05, 0.1) is 17.3 Å². The minimum absolute atomic E-state index is 0.273. The molecule has 26 heavy (non-hydrogen) atoms. The molecule has 0 saturated carbocycles. The first kappa shape index (κ1) is 17.8. The van der Waals surface area contributed by atoms with Crippen molar-refractivity contribution in [1.82, 2.24) is 14.7 Å². The fourth-order valence-corrected chi connectivity index (χ4v) is 3.84. The number of thiazole rings is 1. The largest absolute Gasteiger partial charge is 0.351 e. The van der Waals surface area contributed by atoms with E-state index < -0.39 is 0 Å². The molecule has 0 atom stereocenters. The quantitative estimate of drug-likeness (QED) is 0.769. The lowest BCUT2D eigenvalue weighted by Gasteiger charge is -2.07. The lowest BCUT2D eigenvalue weighted by molar-refractivity contribution is 0.0949. The second-order valence-electron chi connectivity index (χ2n) is 6.00. The monoisotopic (exact) mass is 366 g/mol. The van der Waals surface area contributed by atoms with Crippen molar-refractivity contribution in [2.24, 2.45) is 0 Å². The molecule has 0 radical (unpaired) electrons. The van der Waals surface area contributed by atoms with Crippen LogP contribution in [0, 0.1) is 25.2 Å². The normalized spacial score (nSPS) is 10.7. The minimum Gasteiger partial charge on any atom is -0.351 e. The summed E-state index contributed by atoms with van der Waals surface area (Å²) < 4.78 is 1.37. The van der Waals surface area contributed by atoms with Crippen molar-refractivity contribution in [3.8, 4) is 6.07 Å². The molecule has 0 aliphatic rings. The molecule has 1 N–H and O–H groups in total. The van der Waals surface area contributed by atoms with Gasteiger partial charge in [-0.1, -0.05) is 6.07 Å². The van der Waals surface area contributed by atoms with Gasteiger partial charge in [0.25, 0.3) is 11.5 Å². The number of aromatic nitrogens is 2. The van der Waals surface area contributed by atoms with Crippen LogP contribution >= 0.6 is 11.3 Å². The molecule has 0 bridgehead atoms. The number of carbonyl (C=O) groups excluding carboxylic acids is 1. The van der Waals surface area contributed by atoms with E-state index >= 15 is 0 Å². The van der Waals surface area contributed by atoms with Gasteiger partial charge in [-0.3, -0.25) is 9.59 Å². The molecule has 1 amide bonds. The zero-order valence-corrected chi connectivity index (χ0v) is 15.6. The summed E-state index contributed by atoms with van der Waals surface area (Å²) in [6, 6.07) is 9.06. The Labute approximate surface area is 154 Å². The summed E-state index contributed by atoms with van der Waals surface area (Å²) in [5.41, 5.74) is 3.27. The van der Waals surface area contributed by atoms with Crippen LogP contribution in [-0.4, -0.2) is 21.8 Å². The Morgan fingerprint density at radius 3 is 2.81 bits per heavy atom. The van der Waals surface area contributed by atoms with Gasteiger partial charge in [0.1, 0.15) is 5.69 Å². The van der Waals surface area contributed by atoms with Crippen molar-refractivity contribution in [1.29, 1.82) is 5.26 Å². The Morgan fingerprint density at radius 1 is 1.35 bits per heavy atom. The number of nitriles is 1. The van der Waals surface area contributed by atoms with Crippen LogP contribution in [0.25, 0.3) is 4.96 Å². The van der Waals surface area contributed by atoms with E-state index in [-0.39, 0.29) is 11.5 Å². The van der Waals surface area contributed by atoms with E-state index in [4.69, 9.17) is 5.26 Å². The van der Waals surface area contributed by atoms with E-state index in [1.807, 2.05) is 32.9 Å². The van der Waals surface area contributed by atoms with Gasteiger partial charge in [-0.25, -0.2) is 9.38 Å². The van der Waals surface area contributed by atoms with E-state index in [0.29, 0.717) is 34.9 Å². The highest BCUT2D eigenvalue weighted by molar-refractivity contribution is 7.17. The number of amides is 1. The predicted octanol–water partition coefficient (Wildman–Crippen LogP) is 2.59. The van der Waals surface area contributed by atoms with Gasteiger partial charge in [-0.15, -0.1) is 11.3 Å². The molecule has 0 saturated heterocycles. The summed E-state index contributed by atoms with van der Waals surface area (Å²) in [5.74, 6) is -0.273. The molecule has 0 unspecified atom stereocenters. The molecule has 132 valence electrons. The summed E-state index contributed by atoms with van der Waals surface area (Å²) in [6.07, 6.45) is 0.459. The Kier molecular flexibility index (Phi) is 4.87. The molecule has 0 spiro atoms. The van der Waals surface area contributed by atoms with Crippen LogP contribution in [-0.2, 0) is 6.42 Å². The first-order valence-electron chi connectivity index (χ1n) is 8.24. The molecule has 2 aromatic heterocycles. The van der Waals surface area contributed by atoms with Crippen molar-refractivity contribution < 1.29 is 4.79 Å². The van der Waals surface area contributed by atoms with Gasteiger partial charge < -0.3 is 5.32 Å². The van der Waals surface area contributed by atoms with E-state index in [0.717, 1.165) is 16.0 Å². The van der Waals surface area contributed by atoms with Crippen LogP contribution in [0.15, 0.2) is 29.1 Å². The fraction of sp³-hybridized carbons (Fsp3) is 0.263. The lowest BCUT2D eigenvalue weighted by Crippen LogP contribution is -2.28. The second kappa shape index (κ2) is 7.10. The van der Waals surface area contributed by atoms with Gasteiger partial charge in [0.2, 0.25) is 0 Å². The molecule has 0 aliphatic carbocycles. The Hall–Kier alpha value is -2.98. The van der Waals surface area contributed by atoms with Gasteiger partial charge in [0.15, 0.2) is 4.96 Å². The highest BCUT2D eigenvalue weighted by Crippen LogP contribution is 2.21. The summed E-state index contributed by atoms with van der Waals surface area (Å²) in [7, 11) is 0. The fourth-order valence-electron chi connectivity index (χ4n) is 2.85. The molecule has 3 rings (SSSR count). The topological polar surface area (TPSA) is 87.3 Å². The van der Waals surface area contributed by atoms with Crippen LogP contribution in [0.4, 0.5) is 0 Å². The third-order valence-corrected chi connectivity index (χ3v) is 5.10. The third kappa shape index (κ3) is 3.24. The molecular formula is C19H18N4O2S. The van der Waals surface area contributed by atoms with E-state index in [2.05, 4.69) is 16.4 Å². The van der Waals surface area contributed by atoms with Gasteiger partial charge in [-0.2, -0.15) is 5.26 Å². The maximum Gasteiger partial charge on any atom is 0.269 e. The van der Waals surface area contributed by atoms with Crippen molar-refractivity contribution in [2.45, 2.75) is 27.2 Å². The van der Waals surface area contributed by atoms with Crippen LogP contribution in [0.1, 0.15) is 44.7 Å². The van der Waals surface area contributed by atoms with Crippen molar-refractivity contribution in [2.75, 3.05) is 6.54 Å². The summed E-state index contributed by atoms with van der Waals surface area (Å²) >= 11 is 1.32. The van der Waals surface area contributed by atoms with Gasteiger partial charge >= 0.3 is 0 Å². The Balaban J connectivity index is 2.07. The molecule has 1 aromatic carbocycles. The first-order valence-corrected chi connectivity index (χ1v) is 9.06. The molecule has 6 nitrogen and oxygen atoms in total. The number of nitrogens with zero attached hydrogens (tertiary/aromatic N) is 3. The molecule has 0 aliphatic heterocycles. The van der Waals surface area contributed by atoms with Gasteiger partial charge in [0, 0.05) is 23.9 Å². The van der Waals surface area contributed by atoms with Crippen LogP contribution in [0.2, 0.25) is 0 Å². The molecule has 7 heteroatoms. The van der Waals surface area contributed by atoms with Gasteiger partial charge in [-0.05, 0) is 44.0 Å². The van der Waals surface area contributed by atoms with E-state index in [1.54, 1.807) is 6.07 Å². The standard InChI is InChI=1S/C19H18N4O2S/c1-4-21-18(25)17-12(3)26-19-22-15(9-16(24)23(17)19)8-14-7-13(10-20)6-5-11(14)2/h5-7,9H,4,8H2,1-3H3,(H,21,25). The summed E-state index contributed by atoms with van der Waals surface area (Å²) in [6.45, 7) is 6.09. The average Bonchev–Trinajstić information content (AvgIpc) is 2.93. The molecule has 0 fully saturated rings. The highest BCUT2D eigenvalue weighted by atomic mass is 32.1. The zero-order chi connectivity index (χ0) is 18.8. The Morgan fingerprint density at radius 2 is 2.12 bits per heavy atom. The predicted molar refractivity (Wildman–Crippen MR) is 101 cm³/mol. The number of aryl methyl sites for hydroxylation is 2. The number of carbonyl (C=O) groups is 1. The number of hydrogen-bond donors (Lipinski definition) is 1. The van der Waals surface area contributed by atoms with Crippen molar-refractivity contribution in [3.63, 3.8) is 0 Å². The number of fused-ring (bicyclic) bond motifs is 1. The van der Waals surface area contributed by atoms with Crippen LogP contribution in [0.5, 0.6) is 0 Å². The molecule has 2 heterocycles. The van der Waals surface area contributed by atoms with Crippen molar-refractivity contribution in [3.05, 3.63) is 67.6 Å². The van der Waals surface area contributed by atoms with E-state index in [1.165, 1.54) is 21.8 Å². The summed E-state index contributed by atoms with van der Waals surface area (Å²) in [4.78, 5) is 30.7. The third-order valence-electron chi connectivity index (χ3n) is 4.14. The molecular weight excluding hydrogens is 348 g/mol. The smallest absolute Gasteiger partial charge is 0.269 e. The average molecular weight is 366 g/mol. The Bertz CT molecular complexity index is 1110. The second-order valence-corrected chi connectivity index (χ2v) is 7.18. The maximum atomic E-state index is 12.6. The number of nitrogens with one attached hydrogen (secondary N) is 1. The molecule has 3 aromatic rings. The summed E-state index contributed by atoms with van der Waals surface area (Å²) in [5, 5.41) is 11.8. The maximum absolute atomic E-state index is 12.6.